The zero-order valence-electron chi connectivity index (χ0n) is 11.0. The summed E-state index contributed by atoms with van der Waals surface area (Å²) in [5.41, 5.74) is 3.86. The van der Waals surface area contributed by atoms with Crippen LogP contribution in [0.1, 0.15) is 31.9 Å². The van der Waals surface area contributed by atoms with Gasteiger partial charge in [0.2, 0.25) is 0 Å². The fourth-order valence-corrected chi connectivity index (χ4v) is 2.34. The van der Waals surface area contributed by atoms with Crippen LogP contribution in [0.2, 0.25) is 5.02 Å². The quantitative estimate of drug-likeness (QED) is 0.628. The number of halogens is 1. The van der Waals surface area contributed by atoms with Crippen LogP contribution in [0.25, 0.3) is 0 Å². The first-order valence-corrected chi connectivity index (χ1v) is 6.23. The van der Waals surface area contributed by atoms with Crippen LogP contribution in [-0.2, 0) is 0 Å². The number of hydrazine groups is 1. The van der Waals surface area contributed by atoms with E-state index >= 15 is 0 Å². The lowest BCUT2D eigenvalue weighted by Crippen LogP contribution is -2.53. The molecule has 0 radical (unpaired) electrons. The second kappa shape index (κ2) is 5.83. The van der Waals surface area contributed by atoms with E-state index in [1.807, 2.05) is 24.3 Å². The summed E-state index contributed by atoms with van der Waals surface area (Å²) in [6.07, 6.45) is 0.972. The van der Waals surface area contributed by atoms with Crippen LogP contribution in [0.4, 0.5) is 0 Å². The van der Waals surface area contributed by atoms with Gasteiger partial charge in [0.1, 0.15) is 0 Å². The molecule has 1 aromatic rings. The standard InChI is InChI=1S/C13H22ClN3/c1-5-13(2,17(3)4)12(16-15)10-8-6-7-9-11(10)14/h6-9,12,16H,5,15H2,1-4H3. The van der Waals surface area contributed by atoms with Gasteiger partial charge in [-0.05, 0) is 39.1 Å². The molecule has 17 heavy (non-hydrogen) atoms. The SMILES string of the molecule is CCC(C)(C(NN)c1ccccc1Cl)N(C)C. The second-order valence-corrected chi connectivity index (χ2v) is 5.13. The minimum Gasteiger partial charge on any atom is -0.302 e. The average molecular weight is 256 g/mol. The molecule has 0 saturated heterocycles. The average Bonchev–Trinajstić information content (AvgIpc) is 2.31. The molecule has 1 rings (SSSR count). The van der Waals surface area contributed by atoms with Gasteiger partial charge in [0.25, 0.3) is 0 Å². The number of nitrogens with one attached hydrogen (secondary N) is 1. The van der Waals surface area contributed by atoms with Crippen LogP contribution in [0.15, 0.2) is 24.3 Å². The molecular weight excluding hydrogens is 234 g/mol. The van der Waals surface area contributed by atoms with E-state index in [2.05, 4.69) is 38.3 Å². The van der Waals surface area contributed by atoms with Gasteiger partial charge in [-0.3, -0.25) is 11.3 Å². The van der Waals surface area contributed by atoms with E-state index < -0.39 is 0 Å². The van der Waals surface area contributed by atoms with Gasteiger partial charge in [0.05, 0.1) is 6.04 Å². The fraction of sp³-hybridized carbons (Fsp3) is 0.538. The topological polar surface area (TPSA) is 41.3 Å². The van der Waals surface area contributed by atoms with Crippen molar-refractivity contribution >= 4 is 11.6 Å². The summed E-state index contributed by atoms with van der Waals surface area (Å²) < 4.78 is 0. The highest BCUT2D eigenvalue weighted by Crippen LogP contribution is 2.35. The van der Waals surface area contributed by atoms with Crippen LogP contribution < -0.4 is 11.3 Å². The maximum atomic E-state index is 6.25. The Morgan fingerprint density at radius 2 is 2.00 bits per heavy atom. The van der Waals surface area contributed by atoms with E-state index in [0.717, 1.165) is 17.0 Å². The number of nitrogens with two attached hydrogens (primary N) is 1. The Bertz CT molecular complexity index is 367. The number of nitrogens with zero attached hydrogens (tertiary/aromatic N) is 1. The number of benzene rings is 1. The third kappa shape index (κ3) is 2.80. The van der Waals surface area contributed by atoms with Crippen molar-refractivity contribution in [3.05, 3.63) is 34.9 Å². The fourth-order valence-electron chi connectivity index (χ4n) is 2.09. The molecule has 4 heteroatoms. The molecule has 0 aromatic heterocycles. The predicted octanol–water partition coefficient (Wildman–Crippen LogP) is 2.57. The van der Waals surface area contributed by atoms with E-state index in [0.29, 0.717) is 0 Å². The highest BCUT2D eigenvalue weighted by atomic mass is 35.5. The van der Waals surface area contributed by atoms with E-state index in [-0.39, 0.29) is 11.6 Å². The van der Waals surface area contributed by atoms with Gasteiger partial charge in [-0.25, -0.2) is 0 Å². The third-order valence-corrected chi connectivity index (χ3v) is 4.09. The summed E-state index contributed by atoms with van der Waals surface area (Å²) in [6, 6.07) is 7.82. The minimum absolute atomic E-state index is 0.00352. The van der Waals surface area contributed by atoms with Crippen molar-refractivity contribution in [3.63, 3.8) is 0 Å². The first-order chi connectivity index (χ1) is 7.97. The predicted molar refractivity (Wildman–Crippen MR) is 73.9 cm³/mol. The highest BCUT2D eigenvalue weighted by molar-refractivity contribution is 6.31. The summed E-state index contributed by atoms with van der Waals surface area (Å²) >= 11 is 6.25. The summed E-state index contributed by atoms with van der Waals surface area (Å²) in [5, 5.41) is 0.747. The van der Waals surface area contributed by atoms with Crippen LogP contribution in [0.3, 0.4) is 0 Å². The first-order valence-electron chi connectivity index (χ1n) is 5.85. The second-order valence-electron chi connectivity index (χ2n) is 4.73. The van der Waals surface area contributed by atoms with Crippen LogP contribution in [0, 0.1) is 0 Å². The molecule has 0 aliphatic carbocycles. The molecular formula is C13H22ClN3. The summed E-state index contributed by atoms with van der Waals surface area (Å²) in [6.45, 7) is 4.34. The zero-order valence-corrected chi connectivity index (χ0v) is 11.8. The van der Waals surface area contributed by atoms with E-state index in [4.69, 9.17) is 17.4 Å². The lowest BCUT2D eigenvalue weighted by atomic mass is 9.84. The molecule has 0 aliphatic heterocycles. The summed E-state index contributed by atoms with van der Waals surface area (Å²) in [5.74, 6) is 5.74. The molecule has 3 nitrogen and oxygen atoms in total. The lowest BCUT2D eigenvalue weighted by Gasteiger charge is -2.42. The summed E-state index contributed by atoms with van der Waals surface area (Å²) in [7, 11) is 4.12. The van der Waals surface area contributed by atoms with Crippen LogP contribution >= 0.6 is 11.6 Å². The minimum atomic E-state index is -0.0836. The Labute approximate surface area is 109 Å². The number of hydrogen-bond donors (Lipinski definition) is 2. The molecule has 1 aromatic carbocycles. The molecule has 2 unspecified atom stereocenters. The van der Waals surface area contributed by atoms with Gasteiger partial charge in [-0.15, -0.1) is 0 Å². The molecule has 0 spiro atoms. The lowest BCUT2D eigenvalue weighted by molar-refractivity contribution is 0.113. The molecule has 96 valence electrons. The molecule has 0 aliphatic rings. The normalized spacial score (nSPS) is 16.9. The Hall–Kier alpha value is -0.610. The molecule has 0 fully saturated rings. The van der Waals surface area contributed by atoms with Gasteiger partial charge in [0, 0.05) is 10.6 Å². The number of likely N-dealkylation sites (N-methyl/N-ethyl adjacent to an activating group) is 1. The Morgan fingerprint density at radius 1 is 1.41 bits per heavy atom. The third-order valence-electron chi connectivity index (χ3n) is 3.74. The van der Waals surface area contributed by atoms with E-state index in [9.17, 15) is 0 Å². The van der Waals surface area contributed by atoms with Gasteiger partial charge in [-0.2, -0.15) is 0 Å². The molecule has 2 atom stereocenters. The van der Waals surface area contributed by atoms with Crippen molar-refractivity contribution in [1.29, 1.82) is 0 Å². The van der Waals surface area contributed by atoms with Crippen molar-refractivity contribution in [2.75, 3.05) is 14.1 Å². The maximum absolute atomic E-state index is 6.25. The van der Waals surface area contributed by atoms with Gasteiger partial charge >= 0.3 is 0 Å². The van der Waals surface area contributed by atoms with Crippen molar-refractivity contribution < 1.29 is 0 Å². The number of rotatable bonds is 5. The molecule has 0 amide bonds. The highest BCUT2D eigenvalue weighted by Gasteiger charge is 2.36. The zero-order chi connectivity index (χ0) is 13.1. The Balaban J connectivity index is 3.19. The molecule has 0 saturated carbocycles. The van der Waals surface area contributed by atoms with Crippen LogP contribution in [0.5, 0.6) is 0 Å². The largest absolute Gasteiger partial charge is 0.302 e. The van der Waals surface area contributed by atoms with Gasteiger partial charge in [-0.1, -0.05) is 36.7 Å². The molecule has 0 bridgehead atoms. The Kier molecular flexibility index (Phi) is 4.95. The molecule has 3 N–H and O–H groups in total. The molecule has 0 heterocycles. The smallest absolute Gasteiger partial charge is 0.0655 e. The number of hydrogen-bond acceptors (Lipinski definition) is 3. The van der Waals surface area contributed by atoms with Crippen molar-refractivity contribution in [1.82, 2.24) is 10.3 Å². The monoisotopic (exact) mass is 255 g/mol. The van der Waals surface area contributed by atoms with Gasteiger partial charge in [0.15, 0.2) is 0 Å². The van der Waals surface area contributed by atoms with Gasteiger partial charge < -0.3 is 4.90 Å². The summed E-state index contributed by atoms with van der Waals surface area (Å²) in [4.78, 5) is 2.18. The van der Waals surface area contributed by atoms with Crippen molar-refractivity contribution in [2.24, 2.45) is 5.84 Å². The maximum Gasteiger partial charge on any atom is 0.0655 e. The van der Waals surface area contributed by atoms with Crippen molar-refractivity contribution in [2.45, 2.75) is 31.8 Å². The van der Waals surface area contributed by atoms with E-state index in [1.54, 1.807) is 0 Å². The Morgan fingerprint density at radius 3 is 2.41 bits per heavy atom. The van der Waals surface area contributed by atoms with Crippen molar-refractivity contribution in [3.8, 4) is 0 Å². The van der Waals surface area contributed by atoms with Crippen LogP contribution in [-0.4, -0.2) is 24.5 Å². The van der Waals surface area contributed by atoms with E-state index in [1.165, 1.54) is 0 Å². The first kappa shape index (κ1) is 14.5.